The summed E-state index contributed by atoms with van der Waals surface area (Å²) in [5.74, 6) is 1.35. The largest absolute Gasteiger partial charge is 0.388 e. The number of ketones is 1. The van der Waals surface area contributed by atoms with Gasteiger partial charge >= 0.3 is 0 Å². The first-order valence-electron chi connectivity index (χ1n) is 5.49. The molecule has 4 nitrogen and oxygen atoms in total. The maximum Gasteiger partial charge on any atom is 0.147 e. The fraction of sp³-hybridized carbons (Fsp3) is 0.818. The van der Waals surface area contributed by atoms with Crippen LogP contribution in [0, 0.1) is 5.92 Å². The molecule has 0 amide bonds. The van der Waals surface area contributed by atoms with Crippen LogP contribution >= 0.6 is 0 Å². The molecule has 86 valence electrons. The van der Waals surface area contributed by atoms with E-state index in [9.17, 15) is 4.79 Å². The Labute approximate surface area is 91.5 Å². The minimum atomic E-state index is 0.0956. The molecule has 0 bridgehead atoms. The van der Waals surface area contributed by atoms with E-state index in [0.29, 0.717) is 11.8 Å². The van der Waals surface area contributed by atoms with Gasteiger partial charge in [-0.3, -0.25) is 14.7 Å². The highest BCUT2D eigenvalue weighted by molar-refractivity contribution is 5.82. The normalized spacial score (nSPS) is 28.3. The van der Waals surface area contributed by atoms with Crippen molar-refractivity contribution in [1.82, 2.24) is 4.90 Å². The van der Waals surface area contributed by atoms with Gasteiger partial charge in [-0.05, 0) is 46.2 Å². The van der Waals surface area contributed by atoms with Crippen LogP contribution in [0.4, 0.5) is 0 Å². The minimum Gasteiger partial charge on any atom is -0.388 e. The SMILES string of the molecule is CC(=O)[C@@H]1C(CCN=C(C)N)CCN1C. The summed E-state index contributed by atoms with van der Waals surface area (Å²) in [7, 11) is 2.02. The minimum absolute atomic E-state index is 0.0956. The van der Waals surface area contributed by atoms with E-state index in [1.165, 1.54) is 0 Å². The van der Waals surface area contributed by atoms with Gasteiger partial charge in [-0.2, -0.15) is 0 Å². The van der Waals surface area contributed by atoms with E-state index in [2.05, 4.69) is 9.89 Å². The topological polar surface area (TPSA) is 58.7 Å². The van der Waals surface area contributed by atoms with Gasteiger partial charge in [0.05, 0.1) is 11.9 Å². The Morgan fingerprint density at radius 1 is 1.53 bits per heavy atom. The Balaban J connectivity index is 2.47. The number of hydrogen-bond acceptors (Lipinski definition) is 3. The summed E-state index contributed by atoms with van der Waals surface area (Å²) < 4.78 is 0. The van der Waals surface area contributed by atoms with Crippen molar-refractivity contribution in [1.29, 1.82) is 0 Å². The van der Waals surface area contributed by atoms with Crippen molar-refractivity contribution in [3.8, 4) is 0 Å². The fourth-order valence-electron chi connectivity index (χ4n) is 2.38. The lowest BCUT2D eigenvalue weighted by Crippen LogP contribution is -2.35. The molecule has 1 heterocycles. The Kier molecular flexibility index (Phi) is 4.27. The molecule has 0 aromatic heterocycles. The quantitative estimate of drug-likeness (QED) is 0.549. The number of carbonyl (C=O) groups excluding carboxylic acids is 1. The second-order valence-corrected chi connectivity index (χ2v) is 4.40. The Hall–Kier alpha value is -0.900. The van der Waals surface area contributed by atoms with Gasteiger partial charge in [0, 0.05) is 6.54 Å². The molecule has 0 aliphatic carbocycles. The highest BCUT2D eigenvalue weighted by Gasteiger charge is 2.34. The molecule has 1 saturated heterocycles. The first kappa shape index (κ1) is 12.2. The maximum absolute atomic E-state index is 11.5. The number of likely N-dealkylation sites (N-methyl/N-ethyl adjacent to an activating group) is 1. The predicted molar refractivity (Wildman–Crippen MR) is 62.0 cm³/mol. The summed E-state index contributed by atoms with van der Waals surface area (Å²) >= 11 is 0. The molecule has 0 spiro atoms. The van der Waals surface area contributed by atoms with Gasteiger partial charge in [0.25, 0.3) is 0 Å². The summed E-state index contributed by atoms with van der Waals surface area (Å²) in [5, 5.41) is 0. The molecule has 1 rings (SSSR count). The summed E-state index contributed by atoms with van der Waals surface area (Å²) in [6.07, 6.45) is 2.06. The van der Waals surface area contributed by atoms with Gasteiger partial charge in [-0.15, -0.1) is 0 Å². The molecule has 4 heteroatoms. The Bertz CT molecular complexity index is 259. The van der Waals surface area contributed by atoms with Crippen molar-refractivity contribution in [2.45, 2.75) is 32.7 Å². The molecule has 1 unspecified atom stereocenters. The molecule has 1 aliphatic rings. The van der Waals surface area contributed by atoms with Gasteiger partial charge < -0.3 is 5.73 Å². The molecular formula is C11H21N3O. The monoisotopic (exact) mass is 211 g/mol. The molecule has 0 aromatic carbocycles. The second-order valence-electron chi connectivity index (χ2n) is 4.40. The highest BCUT2D eigenvalue weighted by atomic mass is 16.1. The van der Waals surface area contributed by atoms with Crippen LogP contribution in [-0.2, 0) is 4.79 Å². The molecule has 0 aromatic rings. The van der Waals surface area contributed by atoms with Crippen molar-refractivity contribution >= 4 is 11.6 Å². The molecule has 1 fully saturated rings. The lowest BCUT2D eigenvalue weighted by Gasteiger charge is -2.21. The first-order chi connectivity index (χ1) is 7.02. The van der Waals surface area contributed by atoms with Gasteiger partial charge in [0.2, 0.25) is 0 Å². The van der Waals surface area contributed by atoms with Crippen LogP contribution in [0.25, 0.3) is 0 Å². The summed E-state index contributed by atoms with van der Waals surface area (Å²) in [4.78, 5) is 17.8. The van der Waals surface area contributed by atoms with Crippen molar-refractivity contribution in [3.63, 3.8) is 0 Å². The molecular weight excluding hydrogens is 190 g/mol. The van der Waals surface area contributed by atoms with Gasteiger partial charge in [-0.25, -0.2) is 0 Å². The zero-order chi connectivity index (χ0) is 11.4. The molecule has 1 aliphatic heterocycles. The number of amidine groups is 1. The third kappa shape index (κ3) is 3.30. The number of rotatable bonds is 4. The average Bonchev–Trinajstić information content (AvgIpc) is 2.46. The molecule has 2 atom stereocenters. The smallest absolute Gasteiger partial charge is 0.147 e. The molecule has 0 radical (unpaired) electrons. The zero-order valence-electron chi connectivity index (χ0n) is 9.86. The number of Topliss-reactive ketones (excluding diaryl/α,β-unsaturated/α-hetero) is 1. The van der Waals surface area contributed by atoms with Crippen molar-refractivity contribution in [2.75, 3.05) is 20.1 Å². The van der Waals surface area contributed by atoms with E-state index in [1.54, 1.807) is 13.8 Å². The summed E-state index contributed by atoms with van der Waals surface area (Å²) in [6, 6.07) is 0.0956. The third-order valence-corrected chi connectivity index (χ3v) is 3.05. The number of hydrogen-bond donors (Lipinski definition) is 1. The molecule has 2 N–H and O–H groups in total. The van der Waals surface area contributed by atoms with Crippen LogP contribution in [0.5, 0.6) is 0 Å². The Morgan fingerprint density at radius 3 is 2.73 bits per heavy atom. The predicted octanol–water partition coefficient (Wildman–Crippen LogP) is 0.663. The summed E-state index contributed by atoms with van der Waals surface area (Å²) in [6.45, 7) is 5.23. The Morgan fingerprint density at radius 2 is 2.20 bits per heavy atom. The van der Waals surface area contributed by atoms with Crippen LogP contribution in [0.1, 0.15) is 26.7 Å². The number of nitrogens with zero attached hydrogens (tertiary/aromatic N) is 2. The maximum atomic E-state index is 11.5. The number of nitrogens with two attached hydrogens (primary N) is 1. The standard InChI is InChI=1S/C11H21N3O/c1-8(15)11-10(5-7-14(11)3)4-6-13-9(2)12/h10-11H,4-7H2,1-3H3,(H2,12,13)/t10?,11-/m1/s1. The van der Waals surface area contributed by atoms with E-state index in [1.807, 2.05) is 7.05 Å². The zero-order valence-corrected chi connectivity index (χ0v) is 9.86. The van der Waals surface area contributed by atoms with Crippen LogP contribution in [-0.4, -0.2) is 42.7 Å². The second kappa shape index (κ2) is 5.26. The highest BCUT2D eigenvalue weighted by Crippen LogP contribution is 2.26. The number of likely N-dealkylation sites (tertiary alicyclic amines) is 1. The van der Waals surface area contributed by atoms with Crippen LogP contribution in [0.3, 0.4) is 0 Å². The lowest BCUT2D eigenvalue weighted by atomic mass is 9.94. The summed E-state index contributed by atoms with van der Waals surface area (Å²) in [5.41, 5.74) is 5.47. The van der Waals surface area contributed by atoms with Crippen LogP contribution in [0.2, 0.25) is 0 Å². The van der Waals surface area contributed by atoms with E-state index >= 15 is 0 Å². The van der Waals surface area contributed by atoms with Crippen LogP contribution in [0.15, 0.2) is 4.99 Å². The van der Waals surface area contributed by atoms with E-state index in [4.69, 9.17) is 5.73 Å². The van der Waals surface area contributed by atoms with E-state index in [-0.39, 0.29) is 11.8 Å². The van der Waals surface area contributed by atoms with Crippen molar-refractivity contribution < 1.29 is 4.79 Å². The molecule has 15 heavy (non-hydrogen) atoms. The van der Waals surface area contributed by atoms with E-state index in [0.717, 1.165) is 25.9 Å². The number of aliphatic imine (C=N–C) groups is 1. The van der Waals surface area contributed by atoms with Gasteiger partial charge in [-0.1, -0.05) is 0 Å². The number of carbonyl (C=O) groups is 1. The third-order valence-electron chi connectivity index (χ3n) is 3.05. The first-order valence-corrected chi connectivity index (χ1v) is 5.49. The van der Waals surface area contributed by atoms with E-state index < -0.39 is 0 Å². The van der Waals surface area contributed by atoms with Crippen LogP contribution < -0.4 is 5.73 Å². The van der Waals surface area contributed by atoms with Gasteiger partial charge in [0.1, 0.15) is 5.78 Å². The van der Waals surface area contributed by atoms with Crippen molar-refractivity contribution in [2.24, 2.45) is 16.6 Å². The molecule has 0 saturated carbocycles. The average molecular weight is 211 g/mol. The van der Waals surface area contributed by atoms with Gasteiger partial charge in [0.15, 0.2) is 0 Å². The van der Waals surface area contributed by atoms with Crippen molar-refractivity contribution in [3.05, 3.63) is 0 Å². The lowest BCUT2D eigenvalue weighted by molar-refractivity contribution is -0.121. The fourth-order valence-corrected chi connectivity index (χ4v) is 2.38.